The number of methoxy groups -OCH3 is 1. The second kappa shape index (κ2) is 11.0. The van der Waals surface area contributed by atoms with Gasteiger partial charge in [-0.2, -0.15) is 0 Å². The Labute approximate surface area is 196 Å². The predicted molar refractivity (Wildman–Crippen MR) is 126 cm³/mol. The highest BCUT2D eigenvalue weighted by atomic mass is 16.5. The molecule has 1 atom stereocenters. The van der Waals surface area contributed by atoms with Crippen LogP contribution in [0.25, 0.3) is 0 Å². The molecule has 2 saturated heterocycles. The Morgan fingerprint density at radius 1 is 1.12 bits per heavy atom. The highest BCUT2D eigenvalue weighted by Gasteiger charge is 2.35. The van der Waals surface area contributed by atoms with Crippen LogP contribution in [0.2, 0.25) is 0 Å². The van der Waals surface area contributed by atoms with Gasteiger partial charge < -0.3 is 25.0 Å². The van der Waals surface area contributed by atoms with Crippen LogP contribution in [0.5, 0.6) is 5.75 Å². The van der Waals surface area contributed by atoms with Crippen molar-refractivity contribution in [1.29, 1.82) is 0 Å². The van der Waals surface area contributed by atoms with Gasteiger partial charge in [-0.25, -0.2) is 9.59 Å². The molecule has 2 amide bonds. The van der Waals surface area contributed by atoms with Crippen LogP contribution in [0.1, 0.15) is 50.6 Å². The van der Waals surface area contributed by atoms with E-state index in [-0.39, 0.29) is 12.6 Å². The minimum atomic E-state index is -0.589. The Bertz CT molecular complexity index is 873. The molecule has 0 spiro atoms. The third-order valence-corrected chi connectivity index (χ3v) is 6.92. The van der Waals surface area contributed by atoms with E-state index in [9.17, 15) is 9.59 Å². The fourth-order valence-corrected chi connectivity index (χ4v) is 5.21. The van der Waals surface area contributed by atoms with Crippen LogP contribution in [0, 0.1) is 0 Å². The molecule has 0 saturated carbocycles. The second-order valence-corrected chi connectivity index (χ2v) is 9.02. The zero-order chi connectivity index (χ0) is 23.2. The second-order valence-electron chi connectivity index (χ2n) is 9.02. The Balaban J connectivity index is 1.53. The first-order valence-corrected chi connectivity index (χ1v) is 12.2. The molecule has 8 nitrogen and oxygen atoms in total. The van der Waals surface area contributed by atoms with E-state index in [0.29, 0.717) is 29.6 Å². The van der Waals surface area contributed by atoms with Crippen molar-refractivity contribution in [3.63, 3.8) is 0 Å². The van der Waals surface area contributed by atoms with Gasteiger partial charge in [0, 0.05) is 31.4 Å². The Hall–Kier alpha value is -2.58. The lowest BCUT2D eigenvalue weighted by molar-refractivity contribution is -0.139. The highest BCUT2D eigenvalue weighted by molar-refractivity contribution is 5.95. The Morgan fingerprint density at radius 2 is 1.88 bits per heavy atom. The number of ether oxygens (including phenoxy) is 2. The molecule has 0 radical (unpaired) electrons. The number of hydrogen-bond donors (Lipinski definition) is 2. The van der Waals surface area contributed by atoms with E-state index in [4.69, 9.17) is 9.47 Å². The van der Waals surface area contributed by atoms with E-state index in [1.54, 1.807) is 14.0 Å². The van der Waals surface area contributed by atoms with E-state index >= 15 is 0 Å². The van der Waals surface area contributed by atoms with Gasteiger partial charge in [-0.3, -0.25) is 4.90 Å². The van der Waals surface area contributed by atoms with Crippen LogP contribution in [0.3, 0.4) is 0 Å². The molecule has 8 heteroatoms. The molecule has 0 aromatic heterocycles. The smallest absolute Gasteiger partial charge is 0.338 e. The van der Waals surface area contributed by atoms with Gasteiger partial charge in [0.15, 0.2) is 0 Å². The van der Waals surface area contributed by atoms with Crippen molar-refractivity contribution in [3.8, 4) is 5.75 Å². The summed E-state index contributed by atoms with van der Waals surface area (Å²) >= 11 is 0. The molecule has 3 aliphatic heterocycles. The number of carbonyl (C=O) groups is 2. The normalized spacial score (nSPS) is 23.1. The standard InChI is InChI=1S/C25H36N4O4/c1-3-33-24(30)22-21(17-28-14-10-19(11-15-28)29-12-5-4-6-13-29)26-25(31)27-23(22)18-8-7-9-20(16-18)32-2/h7-9,16,19,23H,3-6,10-15,17H2,1-2H3,(H2,26,27,31)/t23-/m0/s1. The number of amides is 2. The molecular weight excluding hydrogens is 420 g/mol. The molecule has 33 heavy (non-hydrogen) atoms. The lowest BCUT2D eigenvalue weighted by atomic mass is 9.94. The summed E-state index contributed by atoms with van der Waals surface area (Å²) in [5.74, 6) is 0.265. The van der Waals surface area contributed by atoms with E-state index in [1.807, 2.05) is 24.3 Å². The molecule has 0 aliphatic carbocycles. The molecule has 0 bridgehead atoms. The van der Waals surface area contributed by atoms with Crippen molar-refractivity contribution >= 4 is 12.0 Å². The van der Waals surface area contributed by atoms with E-state index < -0.39 is 12.0 Å². The maximum absolute atomic E-state index is 13.0. The third-order valence-electron chi connectivity index (χ3n) is 6.92. The lowest BCUT2D eigenvalue weighted by Gasteiger charge is -2.41. The molecule has 1 aromatic rings. The quantitative estimate of drug-likeness (QED) is 0.614. The molecule has 180 valence electrons. The number of urea groups is 1. The maximum atomic E-state index is 13.0. The average Bonchev–Trinajstić information content (AvgIpc) is 2.85. The van der Waals surface area contributed by atoms with Crippen LogP contribution < -0.4 is 15.4 Å². The zero-order valence-corrected chi connectivity index (χ0v) is 19.8. The van der Waals surface area contributed by atoms with Crippen LogP contribution in [0.15, 0.2) is 35.5 Å². The largest absolute Gasteiger partial charge is 0.497 e. The zero-order valence-electron chi connectivity index (χ0n) is 19.8. The summed E-state index contributed by atoms with van der Waals surface area (Å²) in [4.78, 5) is 30.6. The minimum absolute atomic E-state index is 0.273. The van der Waals surface area contributed by atoms with Gasteiger partial charge in [-0.1, -0.05) is 18.6 Å². The van der Waals surface area contributed by atoms with E-state index in [0.717, 1.165) is 31.5 Å². The first-order chi connectivity index (χ1) is 16.1. The summed E-state index contributed by atoms with van der Waals surface area (Å²) in [5.41, 5.74) is 1.87. The topological polar surface area (TPSA) is 83.1 Å². The number of nitrogens with one attached hydrogen (secondary N) is 2. The van der Waals surface area contributed by atoms with Crippen LogP contribution in [-0.2, 0) is 9.53 Å². The first kappa shape index (κ1) is 23.6. The third kappa shape index (κ3) is 5.68. The van der Waals surface area contributed by atoms with Gasteiger partial charge in [0.25, 0.3) is 0 Å². The van der Waals surface area contributed by atoms with Crippen molar-refractivity contribution in [2.75, 3.05) is 46.4 Å². The predicted octanol–water partition coefficient (Wildman–Crippen LogP) is 2.82. The summed E-state index contributed by atoms with van der Waals surface area (Å²) < 4.78 is 10.7. The Morgan fingerprint density at radius 3 is 2.58 bits per heavy atom. The maximum Gasteiger partial charge on any atom is 0.338 e. The number of likely N-dealkylation sites (tertiary alicyclic amines) is 2. The minimum Gasteiger partial charge on any atom is -0.497 e. The van der Waals surface area contributed by atoms with Crippen molar-refractivity contribution in [2.45, 2.75) is 51.1 Å². The van der Waals surface area contributed by atoms with Crippen molar-refractivity contribution in [2.24, 2.45) is 0 Å². The first-order valence-electron chi connectivity index (χ1n) is 12.2. The van der Waals surface area contributed by atoms with Crippen LogP contribution in [-0.4, -0.2) is 74.3 Å². The number of rotatable bonds is 7. The monoisotopic (exact) mass is 456 g/mol. The molecule has 3 heterocycles. The molecule has 0 unspecified atom stereocenters. The average molecular weight is 457 g/mol. The van der Waals surface area contributed by atoms with Gasteiger partial charge in [0.1, 0.15) is 5.75 Å². The molecular formula is C25H36N4O4. The van der Waals surface area contributed by atoms with Gasteiger partial charge in [-0.15, -0.1) is 0 Å². The summed E-state index contributed by atoms with van der Waals surface area (Å²) in [7, 11) is 1.60. The summed E-state index contributed by atoms with van der Waals surface area (Å²) in [6, 6.07) is 7.18. The van der Waals surface area contributed by atoms with Gasteiger partial charge in [0.2, 0.25) is 0 Å². The molecule has 3 aliphatic rings. The van der Waals surface area contributed by atoms with Gasteiger partial charge in [0.05, 0.1) is 25.3 Å². The number of nitrogens with zero attached hydrogens (tertiary/aromatic N) is 2. The number of hydrogen-bond acceptors (Lipinski definition) is 6. The molecule has 2 N–H and O–H groups in total. The number of benzene rings is 1. The SMILES string of the molecule is CCOC(=O)C1=C(CN2CCC(N3CCCCC3)CC2)NC(=O)N[C@H]1c1cccc(OC)c1. The van der Waals surface area contributed by atoms with E-state index in [2.05, 4.69) is 20.4 Å². The summed E-state index contributed by atoms with van der Waals surface area (Å²) in [6.07, 6.45) is 6.20. The van der Waals surface area contributed by atoms with Gasteiger partial charge in [-0.05, 0) is 63.4 Å². The molecule has 1 aromatic carbocycles. The highest BCUT2D eigenvalue weighted by Crippen LogP contribution is 2.31. The number of esters is 1. The summed E-state index contributed by atoms with van der Waals surface area (Å²) in [5, 5.41) is 5.80. The number of piperidine rings is 2. The van der Waals surface area contributed by atoms with Gasteiger partial charge >= 0.3 is 12.0 Å². The fourth-order valence-electron chi connectivity index (χ4n) is 5.21. The Kier molecular flexibility index (Phi) is 7.88. The fraction of sp³-hybridized carbons (Fsp3) is 0.600. The van der Waals surface area contributed by atoms with Crippen LogP contribution in [0.4, 0.5) is 4.79 Å². The van der Waals surface area contributed by atoms with Crippen molar-refractivity contribution < 1.29 is 19.1 Å². The molecule has 4 rings (SSSR count). The lowest BCUT2D eigenvalue weighted by Crippen LogP contribution is -2.51. The van der Waals surface area contributed by atoms with E-state index in [1.165, 1.54) is 32.4 Å². The van der Waals surface area contributed by atoms with Crippen LogP contribution >= 0.6 is 0 Å². The van der Waals surface area contributed by atoms with Crippen molar-refractivity contribution in [3.05, 3.63) is 41.1 Å². The number of carbonyl (C=O) groups excluding carboxylic acids is 2. The molecule has 2 fully saturated rings. The van der Waals surface area contributed by atoms with Crippen molar-refractivity contribution in [1.82, 2.24) is 20.4 Å². The summed E-state index contributed by atoms with van der Waals surface area (Å²) in [6.45, 7) is 6.92.